The largest absolute Gasteiger partial charge is 0.379 e. The highest BCUT2D eigenvalue weighted by atomic mass is 16.5. The molecule has 1 fully saturated rings. The number of hydrogen-bond acceptors (Lipinski definition) is 3. The third kappa shape index (κ3) is 2.86. The molecule has 0 aromatic heterocycles. The highest BCUT2D eigenvalue weighted by Crippen LogP contribution is 1.94. The summed E-state index contributed by atoms with van der Waals surface area (Å²) in [5, 5.41) is 2.59. The molecule has 1 aliphatic heterocycles. The lowest BCUT2D eigenvalue weighted by Gasteiger charge is -2.25. The molecule has 4 heteroatoms. The van der Waals surface area contributed by atoms with Crippen molar-refractivity contribution in [2.45, 2.75) is 0 Å². The van der Waals surface area contributed by atoms with Gasteiger partial charge in [0.1, 0.15) is 0 Å². The van der Waals surface area contributed by atoms with Gasteiger partial charge in [-0.25, -0.2) is 0 Å². The van der Waals surface area contributed by atoms with Gasteiger partial charge < -0.3 is 10.1 Å². The average Bonchev–Trinajstić information content (AvgIpc) is 2.06. The van der Waals surface area contributed by atoms with Gasteiger partial charge in [0.2, 0.25) is 5.91 Å². The van der Waals surface area contributed by atoms with Crippen LogP contribution in [0.15, 0.2) is 0 Å². The van der Waals surface area contributed by atoms with Crippen molar-refractivity contribution in [1.29, 1.82) is 0 Å². The van der Waals surface area contributed by atoms with E-state index in [0.29, 0.717) is 6.54 Å². The van der Waals surface area contributed by atoms with Crippen molar-refractivity contribution in [3.63, 3.8) is 0 Å². The summed E-state index contributed by atoms with van der Waals surface area (Å²) in [6.07, 6.45) is 0. The summed E-state index contributed by atoms with van der Waals surface area (Å²) in [6.45, 7) is 3.73. The molecular weight excluding hydrogens is 144 g/mol. The van der Waals surface area contributed by atoms with Crippen molar-refractivity contribution in [3.8, 4) is 0 Å². The molecule has 0 saturated carbocycles. The molecule has 1 amide bonds. The van der Waals surface area contributed by atoms with Gasteiger partial charge in [-0.2, -0.15) is 0 Å². The first kappa shape index (κ1) is 8.49. The second-order valence-electron chi connectivity index (χ2n) is 2.56. The zero-order valence-corrected chi connectivity index (χ0v) is 6.80. The van der Waals surface area contributed by atoms with Gasteiger partial charge >= 0.3 is 0 Å². The number of rotatable bonds is 2. The molecule has 11 heavy (non-hydrogen) atoms. The minimum Gasteiger partial charge on any atom is -0.379 e. The van der Waals surface area contributed by atoms with Crippen LogP contribution in [0, 0.1) is 0 Å². The fraction of sp³-hybridized carbons (Fsp3) is 0.857. The predicted molar refractivity (Wildman–Crippen MR) is 43.4 cm³/mol. The first-order valence-electron chi connectivity index (χ1n) is 3.83. The Labute approximate surface area is 68.0 Å². The van der Waals surface area contributed by atoms with E-state index >= 15 is 0 Å². The zero-order valence-electron chi connectivity index (χ0n) is 6.80. The van der Waals surface area contributed by atoms with Crippen LogP contribution < -0.4 is 5.32 Å². The molecule has 0 radical (unpaired) electrons. The zero-order chi connectivity index (χ0) is 8.10. The summed E-state index contributed by atoms with van der Waals surface area (Å²) in [6, 6.07) is 0. The smallest absolute Gasteiger partial charge is 0.233 e. The SMILES string of the molecule is CNC(=O)CN1CCOCC1.[HH]. The van der Waals surface area contributed by atoms with Crippen LogP contribution in [-0.4, -0.2) is 50.7 Å². The highest BCUT2D eigenvalue weighted by Gasteiger charge is 2.12. The Kier molecular flexibility index (Phi) is 3.32. The van der Waals surface area contributed by atoms with Crippen molar-refractivity contribution in [2.75, 3.05) is 39.9 Å². The lowest BCUT2D eigenvalue weighted by molar-refractivity contribution is -0.122. The molecule has 1 heterocycles. The van der Waals surface area contributed by atoms with Gasteiger partial charge in [0.15, 0.2) is 0 Å². The number of nitrogens with zero attached hydrogens (tertiary/aromatic N) is 1. The van der Waals surface area contributed by atoms with Gasteiger partial charge in [-0.1, -0.05) is 0 Å². The topological polar surface area (TPSA) is 41.6 Å². The Hall–Kier alpha value is -0.610. The molecule has 0 unspecified atom stereocenters. The van der Waals surface area contributed by atoms with E-state index in [4.69, 9.17) is 4.74 Å². The van der Waals surface area contributed by atoms with E-state index in [9.17, 15) is 4.79 Å². The molecule has 0 bridgehead atoms. The number of carbonyl (C=O) groups excluding carboxylic acids is 1. The van der Waals surface area contributed by atoms with Crippen molar-refractivity contribution >= 4 is 5.91 Å². The first-order chi connectivity index (χ1) is 5.33. The maximum atomic E-state index is 10.9. The van der Waals surface area contributed by atoms with E-state index in [1.165, 1.54) is 0 Å². The Morgan fingerprint density at radius 1 is 1.64 bits per heavy atom. The Morgan fingerprint density at radius 2 is 2.27 bits per heavy atom. The van der Waals surface area contributed by atoms with E-state index in [-0.39, 0.29) is 7.33 Å². The third-order valence-electron chi connectivity index (χ3n) is 1.75. The van der Waals surface area contributed by atoms with Crippen molar-refractivity contribution in [2.24, 2.45) is 0 Å². The maximum Gasteiger partial charge on any atom is 0.233 e. The van der Waals surface area contributed by atoms with E-state index in [1.54, 1.807) is 7.05 Å². The second-order valence-corrected chi connectivity index (χ2v) is 2.56. The normalized spacial score (nSPS) is 19.7. The van der Waals surface area contributed by atoms with Crippen LogP contribution >= 0.6 is 0 Å². The van der Waals surface area contributed by atoms with Crippen molar-refractivity contribution in [3.05, 3.63) is 0 Å². The number of nitrogens with one attached hydrogen (secondary N) is 1. The maximum absolute atomic E-state index is 10.9. The summed E-state index contributed by atoms with van der Waals surface area (Å²) >= 11 is 0. The molecule has 1 saturated heterocycles. The van der Waals surface area contributed by atoms with Gasteiger partial charge in [-0.3, -0.25) is 9.69 Å². The van der Waals surface area contributed by atoms with Crippen LogP contribution in [0.2, 0.25) is 0 Å². The lowest BCUT2D eigenvalue weighted by Crippen LogP contribution is -2.42. The Bertz CT molecular complexity index is 137. The summed E-state index contributed by atoms with van der Waals surface area (Å²) in [5.41, 5.74) is 0. The van der Waals surface area contributed by atoms with E-state index in [2.05, 4.69) is 10.2 Å². The van der Waals surface area contributed by atoms with Crippen LogP contribution in [0.5, 0.6) is 0 Å². The van der Waals surface area contributed by atoms with Crippen LogP contribution in [0.4, 0.5) is 0 Å². The second kappa shape index (κ2) is 4.31. The molecular formula is C7H16N2O2. The molecule has 0 aromatic rings. The number of hydrogen-bond donors (Lipinski definition) is 1. The van der Waals surface area contributed by atoms with E-state index in [0.717, 1.165) is 26.3 Å². The monoisotopic (exact) mass is 160 g/mol. The van der Waals surface area contributed by atoms with Crippen LogP contribution in [0.25, 0.3) is 0 Å². The summed E-state index contributed by atoms with van der Waals surface area (Å²) in [5.74, 6) is 0.0758. The van der Waals surface area contributed by atoms with Crippen LogP contribution in [-0.2, 0) is 9.53 Å². The van der Waals surface area contributed by atoms with Crippen molar-refractivity contribution in [1.82, 2.24) is 10.2 Å². The highest BCUT2D eigenvalue weighted by molar-refractivity contribution is 5.77. The van der Waals surface area contributed by atoms with Crippen LogP contribution in [0.3, 0.4) is 0 Å². The fourth-order valence-corrected chi connectivity index (χ4v) is 1.04. The molecule has 0 aromatic carbocycles. The molecule has 0 atom stereocenters. The van der Waals surface area contributed by atoms with E-state index < -0.39 is 0 Å². The Morgan fingerprint density at radius 3 is 2.82 bits per heavy atom. The Balaban J connectivity index is 0.00000121. The number of morpholine rings is 1. The first-order valence-corrected chi connectivity index (χ1v) is 3.83. The number of ether oxygens (including phenoxy) is 1. The molecule has 0 spiro atoms. The lowest BCUT2D eigenvalue weighted by atomic mass is 10.4. The standard InChI is InChI=1S/C7H14N2O2.H2/c1-8-7(10)6-9-2-4-11-5-3-9;/h2-6H2,1H3,(H,8,10);1H. The molecule has 1 aliphatic rings. The molecule has 1 rings (SSSR count). The molecule has 4 nitrogen and oxygen atoms in total. The quantitative estimate of drug-likeness (QED) is 0.581. The van der Waals surface area contributed by atoms with Gasteiger partial charge in [-0.05, 0) is 0 Å². The molecule has 0 aliphatic carbocycles. The molecule has 1 N–H and O–H groups in total. The van der Waals surface area contributed by atoms with Gasteiger partial charge in [0.25, 0.3) is 0 Å². The van der Waals surface area contributed by atoms with Crippen LogP contribution in [0.1, 0.15) is 1.43 Å². The number of carbonyl (C=O) groups is 1. The van der Waals surface area contributed by atoms with Gasteiger partial charge in [0.05, 0.1) is 19.8 Å². The van der Waals surface area contributed by atoms with Crippen molar-refractivity contribution < 1.29 is 11.0 Å². The van der Waals surface area contributed by atoms with Gasteiger partial charge in [-0.15, -0.1) is 0 Å². The van der Waals surface area contributed by atoms with Gasteiger partial charge in [0, 0.05) is 21.6 Å². The van der Waals surface area contributed by atoms with E-state index in [1.807, 2.05) is 0 Å². The minimum atomic E-state index is 0. The molecule has 66 valence electrons. The average molecular weight is 160 g/mol. The number of amides is 1. The predicted octanol–water partition coefficient (Wildman–Crippen LogP) is -0.689. The number of likely N-dealkylation sites (N-methyl/N-ethyl adjacent to an activating group) is 1. The summed E-state index contributed by atoms with van der Waals surface area (Å²) in [7, 11) is 1.66. The third-order valence-corrected chi connectivity index (χ3v) is 1.75. The fourth-order valence-electron chi connectivity index (χ4n) is 1.04. The summed E-state index contributed by atoms with van der Waals surface area (Å²) < 4.78 is 5.14. The summed E-state index contributed by atoms with van der Waals surface area (Å²) in [4.78, 5) is 13.0. The minimum absolute atomic E-state index is 0.